The van der Waals surface area contributed by atoms with E-state index in [0.717, 1.165) is 37.8 Å². The molecular weight excluding hydrogens is 749 g/mol. The van der Waals surface area contributed by atoms with Crippen molar-refractivity contribution in [3.63, 3.8) is 0 Å². The molecule has 0 bridgehead atoms. The molecule has 2 aromatic rings. The number of carbonyl (C=O) groups excluding carboxylic acids is 4. The van der Waals surface area contributed by atoms with Gasteiger partial charge in [0.25, 0.3) is 0 Å². The molecule has 0 aliphatic rings. The Hall–Kier alpha value is -1.94. The van der Waals surface area contributed by atoms with Crippen LogP contribution in [0.2, 0.25) is 30.1 Å². The van der Waals surface area contributed by atoms with E-state index in [9.17, 15) is 19.2 Å². The van der Waals surface area contributed by atoms with Gasteiger partial charge in [-0.2, -0.15) is 0 Å². The maximum absolute atomic E-state index is 13.1. The van der Waals surface area contributed by atoms with Crippen LogP contribution < -0.4 is 9.47 Å². The van der Waals surface area contributed by atoms with Crippen LogP contribution >= 0.6 is 69.6 Å². The molecule has 4 atom stereocenters. The molecule has 266 valence electrons. The molecule has 2 aromatic carbocycles. The second kappa shape index (κ2) is 20.0. The van der Waals surface area contributed by atoms with Gasteiger partial charge in [-0.25, -0.2) is 19.2 Å². The summed E-state index contributed by atoms with van der Waals surface area (Å²) in [7, 11) is 0. The van der Waals surface area contributed by atoms with Crippen molar-refractivity contribution >= 4 is 93.5 Å². The highest BCUT2D eigenvalue weighted by atomic mass is 35.5. The molecular formula is C34H40Cl6O8. The van der Waals surface area contributed by atoms with Gasteiger partial charge < -0.3 is 18.9 Å². The van der Waals surface area contributed by atoms with Crippen LogP contribution in [-0.2, 0) is 19.1 Å². The fourth-order valence-electron chi connectivity index (χ4n) is 4.65. The molecule has 14 heteroatoms. The lowest BCUT2D eigenvalue weighted by atomic mass is 9.90. The maximum atomic E-state index is 13.1. The number of hydrogen-bond acceptors (Lipinski definition) is 8. The summed E-state index contributed by atoms with van der Waals surface area (Å²) in [5.41, 5.74) is -0.936. The van der Waals surface area contributed by atoms with Crippen molar-refractivity contribution in [3.8, 4) is 11.5 Å². The Morgan fingerprint density at radius 2 is 0.896 bits per heavy atom. The van der Waals surface area contributed by atoms with Crippen LogP contribution in [0, 0.1) is 23.7 Å². The maximum Gasteiger partial charge on any atom is 0.423 e. The van der Waals surface area contributed by atoms with E-state index in [2.05, 4.69) is 41.5 Å². The number of ether oxygens (including phenoxy) is 4. The molecule has 0 spiro atoms. The van der Waals surface area contributed by atoms with Crippen molar-refractivity contribution in [1.82, 2.24) is 0 Å². The molecule has 0 N–H and O–H groups in total. The molecule has 0 radical (unpaired) electrons. The van der Waals surface area contributed by atoms with Gasteiger partial charge in [-0.1, -0.05) is 124 Å². The molecule has 0 aliphatic heterocycles. The van der Waals surface area contributed by atoms with Crippen LogP contribution in [0.5, 0.6) is 11.5 Å². The van der Waals surface area contributed by atoms with Crippen molar-refractivity contribution in [2.24, 2.45) is 23.7 Å². The van der Waals surface area contributed by atoms with Crippen LogP contribution in [-0.4, -0.2) is 37.1 Å². The van der Waals surface area contributed by atoms with Gasteiger partial charge in [-0.15, -0.1) is 0 Å². The van der Waals surface area contributed by atoms with Gasteiger partial charge in [0, 0.05) is 0 Å². The molecule has 0 aromatic heterocycles. The van der Waals surface area contributed by atoms with E-state index >= 15 is 0 Å². The van der Waals surface area contributed by atoms with E-state index in [1.54, 1.807) is 0 Å². The van der Waals surface area contributed by atoms with Crippen molar-refractivity contribution < 1.29 is 38.1 Å². The first-order valence-corrected chi connectivity index (χ1v) is 17.9. The van der Waals surface area contributed by atoms with Gasteiger partial charge in [0.05, 0.1) is 43.3 Å². The lowest BCUT2D eigenvalue weighted by Gasteiger charge is -2.18. The van der Waals surface area contributed by atoms with Gasteiger partial charge in [0.15, 0.2) is 11.5 Å². The van der Waals surface area contributed by atoms with Gasteiger partial charge in [-0.3, -0.25) is 0 Å². The fraction of sp³-hybridized carbons (Fsp3) is 0.529. The predicted octanol–water partition coefficient (Wildman–Crippen LogP) is 11.4. The Labute approximate surface area is 311 Å². The molecule has 8 nitrogen and oxygen atoms in total. The zero-order valence-electron chi connectivity index (χ0n) is 27.7. The van der Waals surface area contributed by atoms with Crippen molar-refractivity contribution in [1.29, 1.82) is 0 Å². The van der Waals surface area contributed by atoms with E-state index in [4.69, 9.17) is 88.6 Å². The standard InChI is InChI=1S/C34H40Cl6O8/c1-7-17(3)19(5)11-9-13-45-31(41)25-27(39)21(35)15-23(37)29(25)47-33(43)34(44)48-30-24(38)16-22(36)28(40)26(30)32(42)46-14-10-12-20(6)18(4)8-2/h15-20H,7-14H2,1-6H3. The Bertz CT molecular complexity index is 1370. The van der Waals surface area contributed by atoms with Gasteiger partial charge in [-0.05, 0) is 61.5 Å². The second-order valence-corrected chi connectivity index (χ2v) is 14.2. The molecule has 0 saturated carbocycles. The molecule has 0 heterocycles. The number of halogens is 6. The third-order valence-electron chi connectivity index (χ3n) is 8.52. The van der Waals surface area contributed by atoms with Crippen LogP contribution in [0.3, 0.4) is 0 Å². The predicted molar refractivity (Wildman–Crippen MR) is 190 cm³/mol. The van der Waals surface area contributed by atoms with E-state index < -0.39 is 46.5 Å². The number of benzene rings is 2. The van der Waals surface area contributed by atoms with Crippen molar-refractivity contribution in [2.75, 3.05) is 13.2 Å². The second-order valence-electron chi connectivity index (χ2n) is 11.8. The fourth-order valence-corrected chi connectivity index (χ4v) is 6.09. The minimum atomic E-state index is -1.65. The highest BCUT2D eigenvalue weighted by Gasteiger charge is 2.32. The summed E-state index contributed by atoms with van der Waals surface area (Å²) >= 11 is 37.3. The Morgan fingerprint density at radius 1 is 0.562 bits per heavy atom. The molecule has 2 rings (SSSR count). The third-order valence-corrected chi connectivity index (χ3v) is 10.7. The topological polar surface area (TPSA) is 105 Å². The van der Waals surface area contributed by atoms with E-state index in [0.29, 0.717) is 36.5 Å². The Morgan fingerprint density at radius 3 is 1.21 bits per heavy atom. The normalized spacial score (nSPS) is 13.7. The minimum absolute atomic E-state index is 0.0427. The molecule has 0 saturated heterocycles. The van der Waals surface area contributed by atoms with Gasteiger partial charge in [0.2, 0.25) is 0 Å². The Balaban J connectivity index is 2.24. The zero-order valence-corrected chi connectivity index (χ0v) is 32.2. The number of carbonyl (C=O) groups is 4. The minimum Gasteiger partial charge on any atom is -0.462 e. The van der Waals surface area contributed by atoms with Crippen LogP contribution in [0.4, 0.5) is 0 Å². The summed E-state index contributed by atoms with van der Waals surface area (Å²) in [5.74, 6) is -4.59. The van der Waals surface area contributed by atoms with Crippen LogP contribution in [0.1, 0.15) is 101 Å². The zero-order chi connectivity index (χ0) is 36.3. The summed E-state index contributed by atoms with van der Waals surface area (Å²) in [6, 6.07) is 2.25. The molecule has 0 fully saturated rings. The third kappa shape index (κ3) is 11.6. The molecule has 4 unspecified atom stereocenters. The quantitative estimate of drug-likeness (QED) is 0.0544. The lowest BCUT2D eigenvalue weighted by molar-refractivity contribution is -0.156. The summed E-state index contributed by atoms with van der Waals surface area (Å²) < 4.78 is 21.1. The first kappa shape index (κ1) is 42.2. The highest BCUT2D eigenvalue weighted by molar-refractivity contribution is 6.47. The number of rotatable bonds is 16. The lowest BCUT2D eigenvalue weighted by Crippen LogP contribution is -2.27. The molecule has 48 heavy (non-hydrogen) atoms. The first-order valence-electron chi connectivity index (χ1n) is 15.7. The smallest absolute Gasteiger partial charge is 0.423 e. The van der Waals surface area contributed by atoms with Gasteiger partial charge >= 0.3 is 23.9 Å². The SMILES string of the molecule is CCC(C)C(C)CCCOC(=O)c1c(Cl)c(Cl)cc(Cl)c1OC(=O)C(=O)Oc1c(Cl)cc(Cl)c(Cl)c1C(=O)OCCCC(C)C(C)CC. The summed E-state index contributed by atoms with van der Waals surface area (Å²) in [6.45, 7) is 12.8. The average molecular weight is 789 g/mol. The van der Waals surface area contributed by atoms with Crippen molar-refractivity contribution in [2.45, 2.75) is 80.1 Å². The van der Waals surface area contributed by atoms with Crippen LogP contribution in [0.15, 0.2) is 12.1 Å². The highest BCUT2D eigenvalue weighted by Crippen LogP contribution is 2.42. The average Bonchev–Trinajstić information content (AvgIpc) is 3.04. The molecule has 0 amide bonds. The summed E-state index contributed by atoms with van der Waals surface area (Å²) in [5, 5.41) is -1.51. The van der Waals surface area contributed by atoms with Crippen molar-refractivity contribution in [3.05, 3.63) is 53.4 Å². The molecule has 0 aliphatic carbocycles. The van der Waals surface area contributed by atoms with Crippen LogP contribution in [0.25, 0.3) is 0 Å². The van der Waals surface area contributed by atoms with E-state index in [1.165, 1.54) is 0 Å². The summed E-state index contributed by atoms with van der Waals surface area (Å²) in [4.78, 5) is 52.1. The number of hydrogen-bond donors (Lipinski definition) is 0. The van der Waals surface area contributed by atoms with Gasteiger partial charge in [0.1, 0.15) is 11.1 Å². The van der Waals surface area contributed by atoms with E-state index in [-0.39, 0.29) is 43.3 Å². The monoisotopic (exact) mass is 786 g/mol. The number of esters is 4. The largest absolute Gasteiger partial charge is 0.462 e. The first-order chi connectivity index (χ1) is 22.5. The Kier molecular flexibility index (Phi) is 17.6. The van der Waals surface area contributed by atoms with E-state index in [1.807, 2.05) is 0 Å². The summed E-state index contributed by atoms with van der Waals surface area (Å²) in [6.07, 6.45) is 4.80.